The molecule has 0 bridgehead atoms. The number of ether oxygens (including phenoxy) is 1. The van der Waals surface area contributed by atoms with E-state index in [1.807, 2.05) is 37.3 Å². The Hall–Kier alpha value is -3.21. The summed E-state index contributed by atoms with van der Waals surface area (Å²) in [5, 5.41) is 2.88. The van der Waals surface area contributed by atoms with E-state index in [1.54, 1.807) is 18.3 Å². The normalized spacial score (nSPS) is 12.5. The molecule has 3 aromatic rings. The number of nitrogens with zero attached hydrogens (tertiary/aromatic N) is 2. The summed E-state index contributed by atoms with van der Waals surface area (Å²) in [5.74, 6) is 1.11. The van der Waals surface area contributed by atoms with Gasteiger partial charge in [0, 0.05) is 5.69 Å². The van der Waals surface area contributed by atoms with Crippen LogP contribution < -0.4 is 10.1 Å². The molecule has 0 atom stereocenters. The second-order valence-corrected chi connectivity index (χ2v) is 6.74. The van der Waals surface area contributed by atoms with Crippen molar-refractivity contribution in [3.05, 3.63) is 82.9 Å². The highest BCUT2D eigenvalue weighted by atomic mass is 16.5. The number of aryl methyl sites for hydroxylation is 3. The number of amides is 1. The van der Waals surface area contributed by atoms with Crippen LogP contribution in [0.2, 0.25) is 0 Å². The molecule has 5 nitrogen and oxygen atoms in total. The van der Waals surface area contributed by atoms with Crippen molar-refractivity contribution < 1.29 is 9.53 Å². The minimum atomic E-state index is -0.223. The van der Waals surface area contributed by atoms with E-state index < -0.39 is 0 Å². The van der Waals surface area contributed by atoms with Gasteiger partial charge < -0.3 is 10.1 Å². The van der Waals surface area contributed by atoms with Crippen LogP contribution in [0.5, 0.6) is 11.5 Å². The lowest BCUT2D eigenvalue weighted by Gasteiger charge is -2.08. The maximum Gasteiger partial charge on any atom is 0.270 e. The fraction of sp³-hybridized carbons (Fsp3) is 0.227. The fourth-order valence-electron chi connectivity index (χ4n) is 3.14. The Labute approximate surface area is 158 Å². The van der Waals surface area contributed by atoms with Gasteiger partial charge in [-0.25, -0.2) is 4.98 Å². The van der Waals surface area contributed by atoms with E-state index >= 15 is 0 Å². The highest BCUT2D eigenvalue weighted by Gasteiger charge is 2.13. The summed E-state index contributed by atoms with van der Waals surface area (Å²) >= 11 is 0. The van der Waals surface area contributed by atoms with Gasteiger partial charge in [-0.1, -0.05) is 23.8 Å². The van der Waals surface area contributed by atoms with Gasteiger partial charge in [0.15, 0.2) is 0 Å². The second kappa shape index (κ2) is 7.58. The molecule has 27 heavy (non-hydrogen) atoms. The molecule has 0 aliphatic heterocycles. The van der Waals surface area contributed by atoms with E-state index in [1.165, 1.54) is 17.5 Å². The van der Waals surface area contributed by atoms with Gasteiger partial charge in [-0.15, -0.1) is 0 Å². The molecule has 2 aromatic heterocycles. The average molecular weight is 359 g/mol. The van der Waals surface area contributed by atoms with Gasteiger partial charge in [0.25, 0.3) is 5.91 Å². The Bertz CT molecular complexity index is 950. The largest absolute Gasteiger partial charge is 0.456 e. The molecule has 2 heterocycles. The third-order valence-electron chi connectivity index (χ3n) is 4.64. The van der Waals surface area contributed by atoms with E-state index in [4.69, 9.17) is 4.74 Å². The van der Waals surface area contributed by atoms with E-state index in [2.05, 4.69) is 21.4 Å². The molecule has 1 amide bonds. The van der Waals surface area contributed by atoms with Crippen LogP contribution in [0, 0.1) is 6.92 Å². The number of fused-ring (bicyclic) bond motifs is 1. The number of benzene rings is 1. The van der Waals surface area contributed by atoms with Crippen molar-refractivity contribution >= 4 is 5.91 Å². The molecule has 1 N–H and O–H groups in total. The van der Waals surface area contributed by atoms with Crippen molar-refractivity contribution in [2.24, 2.45) is 0 Å². The van der Waals surface area contributed by atoms with Gasteiger partial charge in [0.05, 0.1) is 18.4 Å². The molecule has 0 unspecified atom stereocenters. The number of hydrogen-bond acceptors (Lipinski definition) is 4. The number of rotatable bonds is 5. The monoisotopic (exact) mass is 359 g/mol. The van der Waals surface area contributed by atoms with Crippen LogP contribution in [0.15, 0.2) is 54.7 Å². The smallest absolute Gasteiger partial charge is 0.270 e. The van der Waals surface area contributed by atoms with Gasteiger partial charge in [0.2, 0.25) is 0 Å². The van der Waals surface area contributed by atoms with Crippen LogP contribution in [0.1, 0.15) is 39.4 Å². The van der Waals surface area contributed by atoms with Gasteiger partial charge in [0.1, 0.15) is 17.2 Å². The van der Waals surface area contributed by atoms with Crippen molar-refractivity contribution in [3.8, 4) is 11.5 Å². The Morgan fingerprint density at radius 2 is 1.85 bits per heavy atom. The first-order valence-corrected chi connectivity index (χ1v) is 9.14. The van der Waals surface area contributed by atoms with Crippen LogP contribution in [0.25, 0.3) is 0 Å². The number of hydrogen-bond donors (Lipinski definition) is 1. The number of pyridine rings is 2. The Balaban J connectivity index is 1.35. The van der Waals surface area contributed by atoms with Gasteiger partial charge in [-0.2, -0.15) is 0 Å². The zero-order valence-corrected chi connectivity index (χ0v) is 15.2. The Kier molecular flexibility index (Phi) is 4.83. The molecule has 1 aliphatic carbocycles. The third-order valence-corrected chi connectivity index (χ3v) is 4.64. The van der Waals surface area contributed by atoms with E-state index in [-0.39, 0.29) is 5.91 Å². The molecule has 0 fully saturated rings. The number of carbonyl (C=O) groups excluding carboxylic acids is 1. The molecule has 1 aliphatic rings. The zero-order chi connectivity index (χ0) is 18.6. The summed E-state index contributed by atoms with van der Waals surface area (Å²) in [7, 11) is 0. The van der Waals surface area contributed by atoms with Crippen LogP contribution in [-0.2, 0) is 19.4 Å². The summed E-state index contributed by atoms with van der Waals surface area (Å²) in [6, 6.07) is 15.3. The molecule has 1 aromatic carbocycles. The Morgan fingerprint density at radius 1 is 1.04 bits per heavy atom. The lowest BCUT2D eigenvalue weighted by molar-refractivity contribution is 0.0945. The minimum Gasteiger partial charge on any atom is -0.456 e. The summed E-state index contributed by atoms with van der Waals surface area (Å²) in [4.78, 5) is 21.2. The number of nitrogens with one attached hydrogen (secondary N) is 1. The van der Waals surface area contributed by atoms with Gasteiger partial charge >= 0.3 is 0 Å². The Morgan fingerprint density at radius 3 is 2.63 bits per heavy atom. The van der Waals surface area contributed by atoms with Crippen LogP contribution in [0.4, 0.5) is 0 Å². The lowest BCUT2D eigenvalue weighted by atomic mass is 10.2. The SMILES string of the molecule is Cc1ccc(Oc2ccc(C(=O)NCc3ccc4c(n3)CCC4)nc2)cc1. The van der Waals surface area contributed by atoms with Gasteiger partial charge in [-0.3, -0.25) is 9.78 Å². The first kappa shape index (κ1) is 17.2. The first-order chi connectivity index (χ1) is 13.2. The maximum atomic E-state index is 12.3. The molecule has 5 heteroatoms. The quantitative estimate of drug-likeness (QED) is 0.748. The molecule has 0 spiro atoms. The standard InChI is InChI=1S/C22H21N3O2/c1-15-5-9-18(10-6-15)27-19-11-12-21(23-14-19)22(26)24-13-17-8-7-16-3-2-4-20(16)25-17/h5-12,14H,2-4,13H2,1H3,(H,24,26). The first-order valence-electron chi connectivity index (χ1n) is 9.14. The highest BCUT2D eigenvalue weighted by Crippen LogP contribution is 2.21. The zero-order valence-electron chi connectivity index (χ0n) is 15.2. The van der Waals surface area contributed by atoms with Crippen molar-refractivity contribution in [2.75, 3.05) is 0 Å². The number of carbonyl (C=O) groups is 1. The van der Waals surface area contributed by atoms with E-state index in [9.17, 15) is 4.79 Å². The molecule has 0 radical (unpaired) electrons. The van der Waals surface area contributed by atoms with E-state index in [0.29, 0.717) is 18.0 Å². The van der Waals surface area contributed by atoms with Crippen molar-refractivity contribution in [3.63, 3.8) is 0 Å². The second-order valence-electron chi connectivity index (χ2n) is 6.74. The number of aromatic nitrogens is 2. The average Bonchev–Trinajstić information content (AvgIpc) is 3.16. The summed E-state index contributed by atoms with van der Waals surface area (Å²) < 4.78 is 5.74. The van der Waals surface area contributed by atoms with Crippen LogP contribution in [-0.4, -0.2) is 15.9 Å². The predicted molar refractivity (Wildman–Crippen MR) is 103 cm³/mol. The van der Waals surface area contributed by atoms with Crippen molar-refractivity contribution in [2.45, 2.75) is 32.7 Å². The molecule has 0 saturated heterocycles. The van der Waals surface area contributed by atoms with Crippen molar-refractivity contribution in [1.29, 1.82) is 0 Å². The van der Waals surface area contributed by atoms with Gasteiger partial charge in [-0.05, 0) is 62.1 Å². The molecule has 4 rings (SSSR count). The van der Waals surface area contributed by atoms with Crippen LogP contribution >= 0.6 is 0 Å². The lowest BCUT2D eigenvalue weighted by Crippen LogP contribution is -2.24. The topological polar surface area (TPSA) is 64.1 Å². The predicted octanol–water partition coefficient (Wildman–Crippen LogP) is 4.00. The van der Waals surface area contributed by atoms with Crippen LogP contribution in [0.3, 0.4) is 0 Å². The maximum absolute atomic E-state index is 12.3. The highest BCUT2D eigenvalue weighted by molar-refractivity contribution is 5.92. The van der Waals surface area contributed by atoms with Crippen molar-refractivity contribution in [1.82, 2.24) is 15.3 Å². The fourth-order valence-corrected chi connectivity index (χ4v) is 3.14. The molecule has 136 valence electrons. The van der Waals surface area contributed by atoms with E-state index in [0.717, 1.165) is 30.0 Å². The third kappa shape index (κ3) is 4.14. The minimum absolute atomic E-state index is 0.223. The summed E-state index contributed by atoms with van der Waals surface area (Å²) in [5.41, 5.74) is 4.90. The molecule has 0 saturated carbocycles. The summed E-state index contributed by atoms with van der Waals surface area (Å²) in [6.45, 7) is 2.42. The molecular weight excluding hydrogens is 338 g/mol. The summed E-state index contributed by atoms with van der Waals surface area (Å²) in [6.07, 6.45) is 4.86. The molecular formula is C22H21N3O2.